The van der Waals surface area contributed by atoms with Crippen LogP contribution in [0.15, 0.2) is 53.4 Å². The van der Waals surface area contributed by atoms with E-state index >= 15 is 0 Å². The molecule has 0 fully saturated rings. The van der Waals surface area contributed by atoms with Gasteiger partial charge in [0.05, 0.1) is 0 Å². The minimum absolute atomic E-state index is 0.106. The Morgan fingerprint density at radius 3 is 2.75 bits per heavy atom. The van der Waals surface area contributed by atoms with Crippen LogP contribution in [-0.4, -0.2) is 17.6 Å². The summed E-state index contributed by atoms with van der Waals surface area (Å²) in [7, 11) is 0. The first kappa shape index (κ1) is 13.5. The third kappa shape index (κ3) is 3.00. The average Bonchev–Trinajstić information content (AvgIpc) is 2.49. The largest absolute Gasteiger partial charge is 0.481 e. The predicted octanol–water partition coefficient (Wildman–Crippen LogP) is 4.00. The monoisotopic (exact) mass is 304 g/mol. The molecule has 2 aromatic carbocycles. The Labute approximate surface area is 127 Å². The molecule has 0 N–H and O–H groups in total. The molecular weight excluding hydrogens is 292 g/mol. The van der Waals surface area contributed by atoms with Gasteiger partial charge in [-0.1, -0.05) is 35.9 Å². The number of benzene rings is 2. The number of Topliss-reactive ketones (excluding diaryl/α,β-unsaturated/α-hetero) is 1. The summed E-state index contributed by atoms with van der Waals surface area (Å²) in [6.45, 7) is 0. The van der Waals surface area contributed by atoms with Gasteiger partial charge in [-0.15, -0.1) is 11.8 Å². The summed E-state index contributed by atoms with van der Waals surface area (Å²) in [6.07, 6.45) is 0.00969. The van der Waals surface area contributed by atoms with Gasteiger partial charge in [0.2, 0.25) is 0 Å². The SMILES string of the molecule is O=C(Cc1ccc(Cl)cc1)C1CSc2ccccc2O1. The molecule has 2 aromatic rings. The summed E-state index contributed by atoms with van der Waals surface area (Å²) in [4.78, 5) is 13.4. The first-order valence-electron chi connectivity index (χ1n) is 6.38. The van der Waals surface area contributed by atoms with Gasteiger partial charge in [-0.2, -0.15) is 0 Å². The summed E-state index contributed by atoms with van der Waals surface area (Å²) in [5.74, 6) is 1.58. The lowest BCUT2D eigenvalue weighted by molar-refractivity contribution is -0.124. The van der Waals surface area contributed by atoms with E-state index in [1.54, 1.807) is 23.9 Å². The maximum atomic E-state index is 12.3. The number of para-hydroxylation sites is 1. The van der Waals surface area contributed by atoms with Gasteiger partial charge in [-0.05, 0) is 29.8 Å². The van der Waals surface area contributed by atoms with Crippen molar-refractivity contribution < 1.29 is 9.53 Å². The number of thioether (sulfide) groups is 1. The first-order chi connectivity index (χ1) is 9.72. The zero-order valence-corrected chi connectivity index (χ0v) is 12.3. The Kier molecular flexibility index (Phi) is 3.99. The van der Waals surface area contributed by atoms with E-state index in [0.29, 0.717) is 17.2 Å². The van der Waals surface area contributed by atoms with Crippen LogP contribution in [0.3, 0.4) is 0 Å². The lowest BCUT2D eigenvalue weighted by atomic mass is 10.1. The van der Waals surface area contributed by atoms with Crippen LogP contribution in [0, 0.1) is 0 Å². The standard InChI is InChI=1S/C16H13ClO2S/c17-12-7-5-11(6-8-12)9-13(18)15-10-20-16-4-2-1-3-14(16)19-15/h1-8,15H,9-10H2. The number of ketones is 1. The van der Waals surface area contributed by atoms with Crippen molar-refractivity contribution in [2.45, 2.75) is 17.4 Å². The van der Waals surface area contributed by atoms with Crippen molar-refractivity contribution in [3.05, 3.63) is 59.1 Å². The van der Waals surface area contributed by atoms with Crippen LogP contribution in [0.25, 0.3) is 0 Å². The van der Waals surface area contributed by atoms with Gasteiger partial charge in [-0.25, -0.2) is 0 Å². The van der Waals surface area contributed by atoms with Gasteiger partial charge in [-0.3, -0.25) is 4.79 Å². The van der Waals surface area contributed by atoms with Gasteiger partial charge >= 0.3 is 0 Å². The summed E-state index contributed by atoms with van der Waals surface area (Å²) in [5, 5.41) is 0.680. The van der Waals surface area contributed by atoms with Crippen LogP contribution in [0.2, 0.25) is 5.02 Å². The van der Waals surface area contributed by atoms with Gasteiger partial charge in [0.1, 0.15) is 5.75 Å². The van der Waals surface area contributed by atoms with E-state index in [2.05, 4.69) is 0 Å². The smallest absolute Gasteiger partial charge is 0.178 e. The fourth-order valence-electron chi connectivity index (χ4n) is 2.10. The number of carbonyl (C=O) groups excluding carboxylic acids is 1. The molecule has 1 atom stereocenters. The normalized spacial score (nSPS) is 17.1. The molecule has 3 rings (SSSR count). The fraction of sp³-hybridized carbons (Fsp3) is 0.188. The predicted molar refractivity (Wildman–Crippen MR) is 81.7 cm³/mol. The highest BCUT2D eigenvalue weighted by molar-refractivity contribution is 7.99. The van der Waals surface area contributed by atoms with Crippen LogP contribution >= 0.6 is 23.4 Å². The molecule has 1 heterocycles. The van der Waals surface area contributed by atoms with Crippen LogP contribution in [0.5, 0.6) is 5.75 Å². The lowest BCUT2D eigenvalue weighted by Crippen LogP contribution is -2.33. The fourth-order valence-corrected chi connectivity index (χ4v) is 3.24. The van der Waals surface area contributed by atoms with E-state index in [-0.39, 0.29) is 11.9 Å². The molecule has 1 aliphatic heterocycles. The molecule has 0 amide bonds. The molecule has 0 radical (unpaired) electrons. The van der Waals surface area contributed by atoms with Crippen molar-refractivity contribution in [1.82, 2.24) is 0 Å². The molecule has 0 saturated carbocycles. The second-order valence-electron chi connectivity index (χ2n) is 4.63. The summed E-state index contributed by atoms with van der Waals surface area (Å²) < 4.78 is 5.79. The zero-order chi connectivity index (χ0) is 13.9. The number of halogens is 1. The van der Waals surface area contributed by atoms with E-state index in [4.69, 9.17) is 16.3 Å². The topological polar surface area (TPSA) is 26.3 Å². The highest BCUT2D eigenvalue weighted by Gasteiger charge is 2.26. The zero-order valence-electron chi connectivity index (χ0n) is 10.7. The van der Waals surface area contributed by atoms with E-state index in [0.717, 1.165) is 16.2 Å². The van der Waals surface area contributed by atoms with E-state index in [9.17, 15) is 4.79 Å². The molecule has 102 valence electrons. The van der Waals surface area contributed by atoms with Gasteiger partial charge in [0.25, 0.3) is 0 Å². The van der Waals surface area contributed by atoms with Crippen molar-refractivity contribution in [2.75, 3.05) is 5.75 Å². The third-order valence-corrected chi connectivity index (χ3v) is 4.53. The highest BCUT2D eigenvalue weighted by Crippen LogP contribution is 2.35. The van der Waals surface area contributed by atoms with Crippen molar-refractivity contribution in [3.63, 3.8) is 0 Å². The van der Waals surface area contributed by atoms with E-state index < -0.39 is 0 Å². The quantitative estimate of drug-likeness (QED) is 0.857. The molecular formula is C16H13ClO2S. The minimum Gasteiger partial charge on any atom is -0.481 e. The number of rotatable bonds is 3. The van der Waals surface area contributed by atoms with Crippen LogP contribution in [0.1, 0.15) is 5.56 Å². The van der Waals surface area contributed by atoms with Gasteiger partial charge in [0, 0.05) is 22.1 Å². The highest BCUT2D eigenvalue weighted by atomic mass is 35.5. The Morgan fingerprint density at radius 2 is 1.95 bits per heavy atom. The van der Waals surface area contributed by atoms with E-state index in [1.807, 2.05) is 36.4 Å². The molecule has 0 bridgehead atoms. The summed E-state index contributed by atoms with van der Waals surface area (Å²) in [5.41, 5.74) is 0.965. The molecule has 0 aliphatic carbocycles. The molecule has 0 spiro atoms. The Balaban J connectivity index is 1.68. The van der Waals surface area contributed by atoms with Gasteiger partial charge < -0.3 is 4.74 Å². The molecule has 4 heteroatoms. The number of hydrogen-bond acceptors (Lipinski definition) is 3. The number of ether oxygens (including phenoxy) is 1. The number of hydrogen-bond donors (Lipinski definition) is 0. The maximum Gasteiger partial charge on any atom is 0.178 e. The van der Waals surface area contributed by atoms with Gasteiger partial charge in [0.15, 0.2) is 11.9 Å². The molecule has 0 saturated heterocycles. The van der Waals surface area contributed by atoms with Crippen molar-refractivity contribution in [2.24, 2.45) is 0 Å². The molecule has 2 nitrogen and oxygen atoms in total. The Morgan fingerprint density at radius 1 is 1.20 bits per heavy atom. The second kappa shape index (κ2) is 5.90. The van der Waals surface area contributed by atoms with Crippen LogP contribution < -0.4 is 4.74 Å². The Bertz CT molecular complexity index is 625. The lowest BCUT2D eigenvalue weighted by Gasteiger charge is -2.24. The summed E-state index contributed by atoms with van der Waals surface area (Å²) in [6, 6.07) is 15.2. The molecule has 0 aromatic heterocycles. The van der Waals surface area contributed by atoms with Crippen LogP contribution in [0.4, 0.5) is 0 Å². The second-order valence-corrected chi connectivity index (χ2v) is 6.13. The minimum atomic E-state index is -0.370. The van der Waals surface area contributed by atoms with Crippen molar-refractivity contribution >= 4 is 29.1 Å². The number of carbonyl (C=O) groups is 1. The summed E-state index contributed by atoms with van der Waals surface area (Å²) >= 11 is 7.51. The average molecular weight is 305 g/mol. The van der Waals surface area contributed by atoms with Crippen molar-refractivity contribution in [3.8, 4) is 5.75 Å². The van der Waals surface area contributed by atoms with Crippen molar-refractivity contribution in [1.29, 1.82) is 0 Å². The first-order valence-corrected chi connectivity index (χ1v) is 7.74. The molecule has 1 aliphatic rings. The Hall–Kier alpha value is -1.45. The third-order valence-electron chi connectivity index (χ3n) is 3.16. The maximum absolute atomic E-state index is 12.3. The van der Waals surface area contributed by atoms with Crippen LogP contribution in [-0.2, 0) is 11.2 Å². The molecule has 20 heavy (non-hydrogen) atoms. The molecule has 1 unspecified atom stereocenters. The van der Waals surface area contributed by atoms with E-state index in [1.165, 1.54) is 0 Å². The number of fused-ring (bicyclic) bond motifs is 1.